The van der Waals surface area contributed by atoms with Crippen LogP contribution in [0, 0.1) is 17.3 Å². The zero-order chi connectivity index (χ0) is 18.8. The van der Waals surface area contributed by atoms with Gasteiger partial charge in [0.15, 0.2) is 0 Å². The molecule has 1 heterocycles. The molecular weight excluding hydrogens is 356 g/mol. The zero-order valence-corrected chi connectivity index (χ0v) is 16.5. The summed E-state index contributed by atoms with van der Waals surface area (Å²) in [5.41, 5.74) is 3.07. The quantitative estimate of drug-likeness (QED) is 0.726. The molecule has 2 saturated carbocycles. The summed E-state index contributed by atoms with van der Waals surface area (Å²) >= 11 is 1.46. The molecule has 5 atom stereocenters. The molecule has 3 aliphatic rings. The zero-order valence-electron chi connectivity index (χ0n) is 15.6. The highest BCUT2D eigenvalue weighted by atomic mass is 32.1. The Bertz CT molecular complexity index is 887. The fraction of sp³-hybridized carbons (Fsp3) is 0.522. The van der Waals surface area contributed by atoms with E-state index in [1.807, 2.05) is 23.6 Å². The smallest absolute Gasteiger partial charge is 0.203 e. The Morgan fingerprint density at radius 1 is 1.22 bits per heavy atom. The van der Waals surface area contributed by atoms with E-state index in [4.69, 9.17) is 0 Å². The van der Waals surface area contributed by atoms with E-state index in [1.165, 1.54) is 16.9 Å². The van der Waals surface area contributed by atoms with Gasteiger partial charge in [-0.2, -0.15) is 0 Å². The van der Waals surface area contributed by atoms with Gasteiger partial charge in [0.2, 0.25) is 5.78 Å². The van der Waals surface area contributed by atoms with Crippen molar-refractivity contribution < 1.29 is 15.0 Å². The van der Waals surface area contributed by atoms with Crippen LogP contribution < -0.4 is 0 Å². The second kappa shape index (κ2) is 6.18. The second-order valence-electron chi connectivity index (χ2n) is 8.93. The summed E-state index contributed by atoms with van der Waals surface area (Å²) in [6.45, 7) is 2.27. The van der Waals surface area contributed by atoms with Crippen molar-refractivity contribution in [3.63, 3.8) is 0 Å². The van der Waals surface area contributed by atoms with Crippen LogP contribution in [0.5, 0.6) is 5.75 Å². The summed E-state index contributed by atoms with van der Waals surface area (Å²) in [6, 6.07) is 7.32. The average Bonchev–Trinajstić information content (AvgIpc) is 3.29. The van der Waals surface area contributed by atoms with Crippen molar-refractivity contribution >= 4 is 17.1 Å². The highest BCUT2D eigenvalue weighted by Gasteiger charge is 2.54. The van der Waals surface area contributed by atoms with Gasteiger partial charge in [-0.3, -0.25) is 4.79 Å². The Morgan fingerprint density at radius 2 is 2.07 bits per heavy atom. The number of aromatic hydroxyl groups is 1. The van der Waals surface area contributed by atoms with E-state index in [0.717, 1.165) is 49.0 Å². The van der Waals surface area contributed by atoms with Crippen LogP contribution >= 0.6 is 11.3 Å². The third-order valence-electron chi connectivity index (χ3n) is 7.74. The number of fused-ring (bicyclic) bond motifs is 5. The van der Waals surface area contributed by atoms with Crippen molar-refractivity contribution in [2.45, 2.75) is 57.5 Å². The van der Waals surface area contributed by atoms with Crippen LogP contribution in [0.25, 0.3) is 0 Å². The summed E-state index contributed by atoms with van der Waals surface area (Å²) in [5.74, 6) is 1.68. The minimum Gasteiger partial charge on any atom is -0.508 e. The average molecular weight is 383 g/mol. The van der Waals surface area contributed by atoms with Gasteiger partial charge in [0.25, 0.3) is 0 Å². The first-order chi connectivity index (χ1) is 13.0. The van der Waals surface area contributed by atoms with Gasteiger partial charge in [0, 0.05) is 5.56 Å². The molecule has 0 radical (unpaired) electrons. The number of phenols is 1. The number of phenolic OH excluding ortho intramolecular Hbond substituents is 1. The molecule has 0 amide bonds. The summed E-state index contributed by atoms with van der Waals surface area (Å²) < 4.78 is 0. The number of carbonyl (C=O) groups excluding carboxylic acids is 1. The minimum absolute atomic E-state index is 0.0352. The molecule has 0 unspecified atom stereocenters. The van der Waals surface area contributed by atoms with E-state index in [-0.39, 0.29) is 23.1 Å². The van der Waals surface area contributed by atoms with E-state index in [0.29, 0.717) is 23.3 Å². The third kappa shape index (κ3) is 2.53. The van der Waals surface area contributed by atoms with Gasteiger partial charge in [-0.25, -0.2) is 0 Å². The van der Waals surface area contributed by atoms with Crippen molar-refractivity contribution in [2.75, 3.05) is 0 Å². The van der Waals surface area contributed by atoms with Gasteiger partial charge >= 0.3 is 0 Å². The summed E-state index contributed by atoms with van der Waals surface area (Å²) in [6.07, 6.45) is 5.88. The number of hydrogen-bond donors (Lipinski definition) is 2. The molecule has 0 bridgehead atoms. The van der Waals surface area contributed by atoms with Crippen molar-refractivity contribution in [3.05, 3.63) is 51.2 Å². The lowest BCUT2D eigenvalue weighted by Gasteiger charge is -2.50. The molecule has 3 aliphatic carbocycles. The van der Waals surface area contributed by atoms with E-state index in [1.54, 1.807) is 6.07 Å². The van der Waals surface area contributed by atoms with Gasteiger partial charge in [0.1, 0.15) is 5.75 Å². The predicted molar refractivity (Wildman–Crippen MR) is 106 cm³/mol. The Balaban J connectivity index is 1.60. The monoisotopic (exact) mass is 382 g/mol. The lowest BCUT2D eigenvalue weighted by atomic mass is 9.55. The molecule has 1 aromatic carbocycles. The molecule has 2 fully saturated rings. The molecule has 3 nitrogen and oxygen atoms in total. The number of aryl methyl sites for hydroxylation is 1. The second-order valence-corrected chi connectivity index (χ2v) is 9.87. The maximum Gasteiger partial charge on any atom is 0.203 e. The highest BCUT2D eigenvalue weighted by Crippen LogP contribution is 2.61. The largest absolute Gasteiger partial charge is 0.508 e. The Kier molecular flexibility index (Phi) is 3.99. The molecule has 1 aromatic heterocycles. The van der Waals surface area contributed by atoms with Gasteiger partial charge in [-0.05, 0) is 96.4 Å². The lowest BCUT2D eigenvalue weighted by molar-refractivity contribution is -0.0227. The molecule has 2 aromatic rings. The summed E-state index contributed by atoms with van der Waals surface area (Å²) in [7, 11) is 0. The SMILES string of the molecule is C[C@]12CC[C@@H]3c4c(cc(O)cc4C(=O)c4cccs4)CC[C@H]3[C@@H]1CC[C@@H]2O. The highest BCUT2D eigenvalue weighted by molar-refractivity contribution is 7.12. The fourth-order valence-corrected chi connectivity index (χ4v) is 7.09. The first kappa shape index (κ1) is 17.4. The van der Waals surface area contributed by atoms with Crippen molar-refractivity contribution in [1.82, 2.24) is 0 Å². The van der Waals surface area contributed by atoms with Crippen LogP contribution in [0.15, 0.2) is 29.6 Å². The van der Waals surface area contributed by atoms with Crippen LogP contribution in [-0.4, -0.2) is 22.1 Å². The molecular formula is C23H26O3S. The van der Waals surface area contributed by atoms with E-state index in [2.05, 4.69) is 6.92 Å². The van der Waals surface area contributed by atoms with Crippen molar-refractivity contribution in [2.24, 2.45) is 17.3 Å². The number of thiophene rings is 1. The maximum atomic E-state index is 13.2. The topological polar surface area (TPSA) is 57.5 Å². The Hall–Kier alpha value is -1.65. The number of aliphatic hydroxyl groups is 1. The molecule has 5 rings (SSSR count). The molecule has 2 N–H and O–H groups in total. The first-order valence-electron chi connectivity index (χ1n) is 10.1. The Morgan fingerprint density at radius 3 is 2.85 bits per heavy atom. The van der Waals surface area contributed by atoms with Gasteiger partial charge in [-0.1, -0.05) is 13.0 Å². The van der Waals surface area contributed by atoms with Gasteiger partial charge < -0.3 is 10.2 Å². The fourth-order valence-electron chi connectivity index (χ4n) is 6.41. The van der Waals surface area contributed by atoms with Gasteiger partial charge in [-0.15, -0.1) is 11.3 Å². The van der Waals surface area contributed by atoms with Crippen LogP contribution in [0.4, 0.5) is 0 Å². The number of rotatable bonds is 2. The number of carbonyl (C=O) groups is 1. The number of hydrogen-bond acceptors (Lipinski definition) is 4. The molecule has 27 heavy (non-hydrogen) atoms. The van der Waals surface area contributed by atoms with Crippen LogP contribution in [0.3, 0.4) is 0 Å². The lowest BCUT2D eigenvalue weighted by Crippen LogP contribution is -2.44. The van der Waals surface area contributed by atoms with Crippen LogP contribution in [0.1, 0.15) is 71.3 Å². The van der Waals surface area contributed by atoms with E-state index < -0.39 is 0 Å². The molecule has 4 heteroatoms. The normalized spacial score (nSPS) is 34.6. The predicted octanol–water partition coefficient (Wildman–Crippen LogP) is 4.90. The van der Waals surface area contributed by atoms with Crippen LogP contribution in [-0.2, 0) is 6.42 Å². The van der Waals surface area contributed by atoms with Crippen molar-refractivity contribution in [1.29, 1.82) is 0 Å². The molecule has 0 saturated heterocycles. The summed E-state index contributed by atoms with van der Waals surface area (Å²) in [5, 5.41) is 22.8. The number of aliphatic hydroxyl groups excluding tert-OH is 1. The maximum absolute atomic E-state index is 13.2. The third-order valence-corrected chi connectivity index (χ3v) is 8.61. The van der Waals surface area contributed by atoms with Gasteiger partial charge in [0.05, 0.1) is 11.0 Å². The van der Waals surface area contributed by atoms with E-state index in [9.17, 15) is 15.0 Å². The molecule has 142 valence electrons. The van der Waals surface area contributed by atoms with Crippen LogP contribution in [0.2, 0.25) is 0 Å². The van der Waals surface area contributed by atoms with Crippen molar-refractivity contribution in [3.8, 4) is 5.75 Å². The molecule has 0 spiro atoms. The number of ketones is 1. The number of benzene rings is 1. The first-order valence-corrected chi connectivity index (χ1v) is 11.0. The standard InChI is InChI=1S/C23H26O3S/c1-23-9-8-16-15(18(23)6-7-20(23)25)5-4-13-11-14(24)12-17(21(13)16)22(26)19-3-2-10-27-19/h2-3,10-12,15-16,18,20,24-25H,4-9H2,1H3/t15-,16+,18+,20+,23+/m1/s1. The summed E-state index contributed by atoms with van der Waals surface area (Å²) in [4.78, 5) is 13.9. The van der Waals surface area contributed by atoms with E-state index >= 15 is 0 Å². The minimum atomic E-state index is -0.183. The molecule has 0 aliphatic heterocycles. The Labute approximate surface area is 164 Å².